The molecule has 178 valence electrons. The Labute approximate surface area is 208 Å². The van der Waals surface area contributed by atoms with Gasteiger partial charge in [-0.3, -0.25) is 14.9 Å². The van der Waals surface area contributed by atoms with Crippen molar-refractivity contribution in [1.82, 2.24) is 5.32 Å². The number of urea groups is 1. The summed E-state index contributed by atoms with van der Waals surface area (Å²) >= 11 is 0. The Kier molecular flexibility index (Phi) is 6.09. The maximum Gasteiger partial charge on any atom is 0.335 e. The molecule has 4 amide bonds. The smallest absolute Gasteiger partial charge is 0.335 e. The van der Waals surface area contributed by atoms with Gasteiger partial charge in [-0.1, -0.05) is 77.9 Å². The molecule has 1 aliphatic rings. The molecule has 4 aromatic carbocycles. The molecule has 1 fully saturated rings. The van der Waals surface area contributed by atoms with Crippen molar-refractivity contribution in [1.29, 1.82) is 0 Å². The summed E-state index contributed by atoms with van der Waals surface area (Å²) in [4.78, 5) is 39.8. The highest BCUT2D eigenvalue weighted by Crippen LogP contribution is 2.32. The van der Waals surface area contributed by atoms with Gasteiger partial charge in [0.25, 0.3) is 11.8 Å². The van der Waals surface area contributed by atoms with Crippen LogP contribution in [0.3, 0.4) is 0 Å². The lowest BCUT2D eigenvalue weighted by molar-refractivity contribution is -0.122. The number of nitrogens with zero attached hydrogens (tertiary/aromatic N) is 1. The van der Waals surface area contributed by atoms with Crippen LogP contribution in [0.5, 0.6) is 5.75 Å². The summed E-state index contributed by atoms with van der Waals surface area (Å²) in [5.41, 5.74) is 3.95. The molecule has 6 heteroatoms. The number of benzene rings is 4. The molecule has 1 aliphatic heterocycles. The topological polar surface area (TPSA) is 75.7 Å². The van der Waals surface area contributed by atoms with Crippen LogP contribution in [-0.2, 0) is 16.2 Å². The van der Waals surface area contributed by atoms with Gasteiger partial charge in [0.2, 0.25) is 0 Å². The van der Waals surface area contributed by atoms with Crippen molar-refractivity contribution >= 4 is 40.4 Å². The van der Waals surface area contributed by atoms with E-state index in [0.29, 0.717) is 23.6 Å². The lowest BCUT2D eigenvalue weighted by Crippen LogP contribution is -2.54. The lowest BCUT2D eigenvalue weighted by Gasteiger charge is -2.26. The molecule has 0 aromatic heterocycles. The predicted octanol–water partition coefficient (Wildman–Crippen LogP) is 5.70. The number of nitrogens with one attached hydrogen (secondary N) is 1. The van der Waals surface area contributed by atoms with E-state index < -0.39 is 17.8 Å². The average Bonchev–Trinajstić information content (AvgIpc) is 2.86. The molecular formula is C30H24N2O4. The van der Waals surface area contributed by atoms with Crippen LogP contribution >= 0.6 is 0 Å². The molecule has 0 saturated carbocycles. The Morgan fingerprint density at radius 2 is 1.61 bits per heavy atom. The number of carbonyl (C=O) groups is 3. The summed E-state index contributed by atoms with van der Waals surface area (Å²) in [5, 5.41) is 4.05. The Morgan fingerprint density at radius 1 is 0.833 bits per heavy atom. The first-order valence-electron chi connectivity index (χ1n) is 11.6. The summed E-state index contributed by atoms with van der Waals surface area (Å²) in [6, 6.07) is 25.6. The Balaban J connectivity index is 1.58. The Morgan fingerprint density at radius 3 is 2.39 bits per heavy atom. The molecule has 0 spiro atoms. The molecular weight excluding hydrogens is 452 g/mol. The summed E-state index contributed by atoms with van der Waals surface area (Å²) in [6.07, 6.45) is 1.51. The van der Waals surface area contributed by atoms with E-state index in [1.165, 1.54) is 6.08 Å². The zero-order valence-corrected chi connectivity index (χ0v) is 19.9. The number of barbiturate groups is 1. The fourth-order valence-corrected chi connectivity index (χ4v) is 4.24. The van der Waals surface area contributed by atoms with Crippen LogP contribution in [0, 0.1) is 13.8 Å². The second kappa shape index (κ2) is 9.50. The van der Waals surface area contributed by atoms with Crippen LogP contribution in [0.1, 0.15) is 22.3 Å². The second-order valence-corrected chi connectivity index (χ2v) is 8.77. The van der Waals surface area contributed by atoms with Crippen molar-refractivity contribution in [2.75, 3.05) is 4.90 Å². The summed E-state index contributed by atoms with van der Waals surface area (Å²) < 4.78 is 6.18. The van der Waals surface area contributed by atoms with Gasteiger partial charge >= 0.3 is 6.03 Å². The van der Waals surface area contributed by atoms with Gasteiger partial charge in [0.05, 0.1) is 5.69 Å². The van der Waals surface area contributed by atoms with Crippen LogP contribution in [0.2, 0.25) is 0 Å². The van der Waals surface area contributed by atoms with Gasteiger partial charge in [-0.15, -0.1) is 0 Å². The maximum atomic E-state index is 13.4. The molecule has 0 bridgehead atoms. The lowest BCUT2D eigenvalue weighted by atomic mass is 9.99. The van der Waals surface area contributed by atoms with Crippen molar-refractivity contribution in [2.45, 2.75) is 20.5 Å². The number of amides is 4. The highest BCUT2D eigenvalue weighted by molar-refractivity contribution is 6.39. The molecule has 1 saturated heterocycles. The standard InChI is InChI=1S/C30H24N2O4/c1-19-10-13-23(14-11-19)32-29(34)26(28(33)31-30(32)35)17-25-24-9-4-3-8-22(24)12-15-27(25)36-18-21-7-5-6-20(2)16-21/h3-17H,18H2,1-2H3,(H,31,33,35)/b26-17+. The number of hydrogen-bond acceptors (Lipinski definition) is 4. The van der Waals surface area contributed by atoms with Gasteiger partial charge in [0.1, 0.15) is 17.9 Å². The first-order valence-corrected chi connectivity index (χ1v) is 11.6. The predicted molar refractivity (Wildman–Crippen MR) is 140 cm³/mol. The van der Waals surface area contributed by atoms with Gasteiger partial charge in [-0.25, -0.2) is 9.69 Å². The van der Waals surface area contributed by atoms with Gasteiger partial charge in [-0.2, -0.15) is 0 Å². The SMILES string of the molecule is Cc1ccc(N2C(=O)NC(=O)/C(=C\c3c(OCc4cccc(C)c4)ccc4ccccc34)C2=O)cc1. The van der Waals surface area contributed by atoms with Crippen LogP contribution < -0.4 is 15.0 Å². The first kappa shape index (κ1) is 23.1. The van der Waals surface area contributed by atoms with Crippen molar-refractivity contribution in [3.63, 3.8) is 0 Å². The van der Waals surface area contributed by atoms with Crippen LogP contribution in [0.25, 0.3) is 16.8 Å². The minimum Gasteiger partial charge on any atom is -0.488 e. The van der Waals surface area contributed by atoms with Gasteiger partial charge in [0.15, 0.2) is 0 Å². The van der Waals surface area contributed by atoms with E-state index >= 15 is 0 Å². The van der Waals surface area contributed by atoms with E-state index in [-0.39, 0.29) is 5.57 Å². The zero-order chi connectivity index (χ0) is 25.2. The molecule has 4 aromatic rings. The number of anilines is 1. The third-order valence-corrected chi connectivity index (χ3v) is 6.09. The molecule has 1 N–H and O–H groups in total. The number of fused-ring (bicyclic) bond motifs is 1. The quantitative estimate of drug-likeness (QED) is 0.296. The van der Waals surface area contributed by atoms with Crippen molar-refractivity contribution in [3.8, 4) is 5.75 Å². The highest BCUT2D eigenvalue weighted by atomic mass is 16.5. The molecule has 0 unspecified atom stereocenters. The number of aryl methyl sites for hydroxylation is 2. The Bertz CT molecular complexity index is 1540. The van der Waals surface area contributed by atoms with Gasteiger partial charge < -0.3 is 4.74 Å². The summed E-state index contributed by atoms with van der Waals surface area (Å²) in [7, 11) is 0. The van der Waals surface area contributed by atoms with Gasteiger partial charge in [-0.05, 0) is 54.5 Å². The third kappa shape index (κ3) is 4.49. The summed E-state index contributed by atoms with van der Waals surface area (Å²) in [6.45, 7) is 4.25. The number of imide groups is 2. The van der Waals surface area contributed by atoms with E-state index in [1.54, 1.807) is 24.3 Å². The highest BCUT2D eigenvalue weighted by Gasteiger charge is 2.37. The molecule has 36 heavy (non-hydrogen) atoms. The van der Waals surface area contributed by atoms with E-state index in [9.17, 15) is 14.4 Å². The molecule has 0 atom stereocenters. The average molecular weight is 477 g/mol. The fourth-order valence-electron chi connectivity index (χ4n) is 4.24. The maximum absolute atomic E-state index is 13.4. The van der Waals surface area contributed by atoms with E-state index in [4.69, 9.17) is 4.74 Å². The normalized spacial score (nSPS) is 14.9. The Hall–Kier alpha value is -4.71. The zero-order valence-electron chi connectivity index (χ0n) is 19.9. The largest absolute Gasteiger partial charge is 0.488 e. The molecule has 0 aliphatic carbocycles. The van der Waals surface area contributed by atoms with Crippen molar-refractivity contribution < 1.29 is 19.1 Å². The monoisotopic (exact) mass is 476 g/mol. The van der Waals surface area contributed by atoms with Crippen LogP contribution in [0.4, 0.5) is 10.5 Å². The van der Waals surface area contributed by atoms with Crippen molar-refractivity contribution in [3.05, 3.63) is 113 Å². The van der Waals surface area contributed by atoms with E-state index in [2.05, 4.69) is 5.32 Å². The molecule has 1 heterocycles. The minimum atomic E-state index is -0.778. The molecule has 0 radical (unpaired) electrons. The molecule has 6 nitrogen and oxygen atoms in total. The molecule has 5 rings (SSSR count). The van der Waals surface area contributed by atoms with E-state index in [0.717, 1.165) is 32.4 Å². The van der Waals surface area contributed by atoms with Crippen molar-refractivity contribution in [2.24, 2.45) is 0 Å². The minimum absolute atomic E-state index is 0.146. The first-order chi connectivity index (χ1) is 17.4. The second-order valence-electron chi connectivity index (χ2n) is 8.77. The number of carbonyl (C=O) groups excluding carboxylic acids is 3. The third-order valence-electron chi connectivity index (χ3n) is 6.09. The fraction of sp³-hybridized carbons (Fsp3) is 0.100. The number of rotatable bonds is 5. The van der Waals surface area contributed by atoms with Gasteiger partial charge in [0, 0.05) is 5.56 Å². The van der Waals surface area contributed by atoms with Crippen LogP contribution in [-0.4, -0.2) is 17.8 Å². The summed E-state index contributed by atoms with van der Waals surface area (Å²) in [5.74, 6) is -0.904. The number of ether oxygens (including phenoxy) is 1. The van der Waals surface area contributed by atoms with Crippen LogP contribution in [0.15, 0.2) is 90.5 Å². The number of hydrogen-bond donors (Lipinski definition) is 1. The van der Waals surface area contributed by atoms with E-state index in [1.807, 2.05) is 74.5 Å².